The van der Waals surface area contributed by atoms with Crippen molar-refractivity contribution >= 4 is 21.7 Å². The third-order valence-corrected chi connectivity index (χ3v) is 6.89. The molecule has 0 saturated carbocycles. The molecular formula is C19H21N3O6S. The van der Waals surface area contributed by atoms with E-state index in [4.69, 9.17) is 9.47 Å². The first-order chi connectivity index (χ1) is 13.9. The molecule has 10 heteroatoms. The molecule has 9 nitrogen and oxygen atoms in total. The Bertz CT molecular complexity index is 1050. The number of piperazine rings is 1. The van der Waals surface area contributed by atoms with Crippen molar-refractivity contribution < 1.29 is 27.5 Å². The van der Waals surface area contributed by atoms with E-state index >= 15 is 0 Å². The molecule has 154 valence electrons. The number of ketones is 1. The summed E-state index contributed by atoms with van der Waals surface area (Å²) in [4.78, 5) is 28.5. The number of aromatic amines is 1. The maximum absolute atomic E-state index is 13.0. The van der Waals surface area contributed by atoms with E-state index in [9.17, 15) is 18.0 Å². The van der Waals surface area contributed by atoms with E-state index in [0.29, 0.717) is 36.0 Å². The van der Waals surface area contributed by atoms with Crippen LogP contribution >= 0.6 is 0 Å². The molecule has 1 fully saturated rings. The molecule has 1 aromatic heterocycles. The third-order valence-electron chi connectivity index (χ3n) is 5.00. The van der Waals surface area contributed by atoms with Crippen LogP contribution in [0.3, 0.4) is 0 Å². The number of amides is 1. The maximum atomic E-state index is 13.0. The van der Waals surface area contributed by atoms with Crippen molar-refractivity contribution in [2.75, 3.05) is 39.4 Å². The fourth-order valence-corrected chi connectivity index (χ4v) is 4.79. The van der Waals surface area contributed by atoms with E-state index in [2.05, 4.69) is 4.98 Å². The average Bonchev–Trinajstić information content (AvgIpc) is 3.23. The molecule has 2 aromatic rings. The summed E-state index contributed by atoms with van der Waals surface area (Å²) in [5, 5.41) is 0. The number of Topliss-reactive ketones (excluding diaryl/α,β-unsaturated/α-hetero) is 1. The van der Waals surface area contributed by atoms with Gasteiger partial charge in [-0.25, -0.2) is 8.42 Å². The molecule has 0 aliphatic carbocycles. The van der Waals surface area contributed by atoms with Crippen molar-refractivity contribution in [3.05, 3.63) is 41.7 Å². The van der Waals surface area contributed by atoms with E-state index < -0.39 is 10.0 Å². The highest BCUT2D eigenvalue weighted by atomic mass is 32.2. The van der Waals surface area contributed by atoms with Gasteiger partial charge in [-0.1, -0.05) is 0 Å². The Morgan fingerprint density at radius 3 is 2.34 bits per heavy atom. The minimum Gasteiger partial charge on any atom is -0.486 e. The monoisotopic (exact) mass is 419 g/mol. The number of hydrogen-bond acceptors (Lipinski definition) is 6. The average molecular weight is 419 g/mol. The van der Waals surface area contributed by atoms with Gasteiger partial charge in [0.1, 0.15) is 18.9 Å². The SMILES string of the molecule is CC(=O)c1c[nH]c(C(=O)N2CCN(S(=O)(=O)c3ccc4c(c3)OCCO4)CC2)c1. The van der Waals surface area contributed by atoms with Crippen LogP contribution in [0.4, 0.5) is 0 Å². The lowest BCUT2D eigenvalue weighted by Crippen LogP contribution is -2.50. The minimum absolute atomic E-state index is 0.129. The molecular weight excluding hydrogens is 398 g/mol. The Hall–Kier alpha value is -2.85. The normalized spacial score (nSPS) is 17.2. The van der Waals surface area contributed by atoms with Gasteiger partial charge in [0.2, 0.25) is 10.0 Å². The number of hydrogen-bond donors (Lipinski definition) is 1. The standard InChI is InChI=1S/C19H21N3O6S/c1-13(23)14-10-16(20-12-14)19(24)21-4-6-22(7-5-21)29(25,26)15-2-3-17-18(11-15)28-9-8-27-17/h2-3,10-12,20H,4-9H2,1H3. The highest BCUT2D eigenvalue weighted by Crippen LogP contribution is 2.33. The van der Waals surface area contributed by atoms with Crippen LogP contribution in [0.5, 0.6) is 11.5 Å². The molecule has 1 aromatic carbocycles. The van der Waals surface area contributed by atoms with E-state index in [1.807, 2.05) is 0 Å². The fourth-order valence-electron chi connectivity index (χ4n) is 3.36. The van der Waals surface area contributed by atoms with Crippen LogP contribution in [-0.4, -0.2) is 73.7 Å². The molecule has 2 aliphatic rings. The van der Waals surface area contributed by atoms with Gasteiger partial charge in [-0.2, -0.15) is 4.31 Å². The number of fused-ring (bicyclic) bond motifs is 1. The molecule has 29 heavy (non-hydrogen) atoms. The number of aromatic nitrogens is 1. The van der Waals surface area contributed by atoms with Gasteiger partial charge in [-0.05, 0) is 25.1 Å². The van der Waals surface area contributed by atoms with E-state index in [-0.39, 0.29) is 42.8 Å². The summed E-state index contributed by atoms with van der Waals surface area (Å²) in [6, 6.07) is 6.09. The minimum atomic E-state index is -3.71. The molecule has 2 aliphatic heterocycles. The van der Waals surface area contributed by atoms with Gasteiger partial charge in [-0.15, -0.1) is 0 Å². The molecule has 1 saturated heterocycles. The van der Waals surface area contributed by atoms with Crippen molar-refractivity contribution in [1.82, 2.24) is 14.2 Å². The van der Waals surface area contributed by atoms with Crippen LogP contribution in [0.2, 0.25) is 0 Å². The summed E-state index contributed by atoms with van der Waals surface area (Å²) in [5.74, 6) is 0.560. The first-order valence-electron chi connectivity index (χ1n) is 9.25. The van der Waals surface area contributed by atoms with Crippen molar-refractivity contribution in [2.45, 2.75) is 11.8 Å². The lowest BCUT2D eigenvalue weighted by Gasteiger charge is -2.34. The van der Waals surface area contributed by atoms with Crippen LogP contribution in [0.15, 0.2) is 35.4 Å². The van der Waals surface area contributed by atoms with Gasteiger partial charge >= 0.3 is 0 Å². The van der Waals surface area contributed by atoms with E-state index in [1.54, 1.807) is 11.0 Å². The van der Waals surface area contributed by atoms with Crippen LogP contribution in [0.1, 0.15) is 27.8 Å². The topological polar surface area (TPSA) is 109 Å². The lowest BCUT2D eigenvalue weighted by molar-refractivity contribution is 0.0692. The van der Waals surface area contributed by atoms with Gasteiger partial charge in [0.25, 0.3) is 5.91 Å². The number of H-pyrrole nitrogens is 1. The second-order valence-corrected chi connectivity index (χ2v) is 8.80. The van der Waals surface area contributed by atoms with Crippen LogP contribution in [0, 0.1) is 0 Å². The molecule has 4 rings (SSSR count). The van der Waals surface area contributed by atoms with Crippen molar-refractivity contribution in [3.63, 3.8) is 0 Å². The zero-order valence-corrected chi connectivity index (χ0v) is 16.7. The molecule has 0 spiro atoms. The molecule has 0 radical (unpaired) electrons. The van der Waals surface area contributed by atoms with Crippen molar-refractivity contribution in [3.8, 4) is 11.5 Å². The van der Waals surface area contributed by atoms with Crippen LogP contribution in [-0.2, 0) is 10.0 Å². The predicted octanol–water partition coefficient (Wildman–Crippen LogP) is 1.14. The molecule has 0 bridgehead atoms. The Labute approximate surface area is 168 Å². The number of benzene rings is 1. The van der Waals surface area contributed by atoms with Gasteiger partial charge in [-0.3, -0.25) is 9.59 Å². The highest BCUT2D eigenvalue weighted by Gasteiger charge is 2.31. The number of rotatable bonds is 4. The summed E-state index contributed by atoms with van der Waals surface area (Å²) in [6.07, 6.45) is 1.50. The number of carbonyl (C=O) groups excluding carboxylic acids is 2. The predicted molar refractivity (Wildman–Crippen MR) is 103 cm³/mol. The second kappa shape index (κ2) is 7.53. The first-order valence-corrected chi connectivity index (χ1v) is 10.7. The summed E-state index contributed by atoms with van der Waals surface area (Å²) in [6.45, 7) is 3.13. The van der Waals surface area contributed by atoms with Gasteiger partial charge in [0, 0.05) is 44.0 Å². The number of carbonyl (C=O) groups is 2. The summed E-state index contributed by atoms with van der Waals surface area (Å²) >= 11 is 0. The largest absolute Gasteiger partial charge is 0.486 e. The highest BCUT2D eigenvalue weighted by molar-refractivity contribution is 7.89. The lowest BCUT2D eigenvalue weighted by atomic mass is 10.2. The third kappa shape index (κ3) is 3.73. The van der Waals surface area contributed by atoms with Crippen molar-refractivity contribution in [1.29, 1.82) is 0 Å². The Morgan fingerprint density at radius 2 is 1.69 bits per heavy atom. The smallest absolute Gasteiger partial charge is 0.270 e. The maximum Gasteiger partial charge on any atom is 0.270 e. The summed E-state index contributed by atoms with van der Waals surface area (Å²) in [5.41, 5.74) is 0.756. The number of sulfonamides is 1. The van der Waals surface area contributed by atoms with Crippen molar-refractivity contribution in [2.24, 2.45) is 0 Å². The fraction of sp³-hybridized carbons (Fsp3) is 0.368. The molecule has 0 atom stereocenters. The molecule has 1 N–H and O–H groups in total. The van der Waals surface area contributed by atoms with Gasteiger partial charge in [0.15, 0.2) is 17.3 Å². The Balaban J connectivity index is 1.44. The molecule has 3 heterocycles. The zero-order chi connectivity index (χ0) is 20.6. The molecule has 1 amide bonds. The summed E-state index contributed by atoms with van der Waals surface area (Å²) in [7, 11) is -3.71. The van der Waals surface area contributed by atoms with Crippen LogP contribution in [0.25, 0.3) is 0 Å². The van der Waals surface area contributed by atoms with E-state index in [0.717, 1.165) is 0 Å². The Morgan fingerprint density at radius 1 is 1.00 bits per heavy atom. The van der Waals surface area contributed by atoms with E-state index in [1.165, 1.54) is 35.6 Å². The van der Waals surface area contributed by atoms with Crippen LogP contribution < -0.4 is 9.47 Å². The molecule has 0 unspecified atom stereocenters. The van der Waals surface area contributed by atoms with Gasteiger partial charge in [0.05, 0.1) is 4.90 Å². The number of nitrogens with one attached hydrogen (secondary N) is 1. The summed E-state index contributed by atoms with van der Waals surface area (Å²) < 4.78 is 38.2. The zero-order valence-electron chi connectivity index (χ0n) is 15.9. The quantitative estimate of drug-likeness (QED) is 0.745. The number of ether oxygens (including phenoxy) is 2. The Kier molecular flexibility index (Phi) is 5.05. The first kappa shape index (κ1) is 19.5. The second-order valence-electron chi connectivity index (χ2n) is 6.86. The number of nitrogens with zero attached hydrogens (tertiary/aromatic N) is 2. The van der Waals surface area contributed by atoms with Gasteiger partial charge < -0.3 is 19.4 Å².